The fourth-order valence-corrected chi connectivity index (χ4v) is 5.06. The molecule has 3 aromatic carbocycles. The van der Waals surface area contributed by atoms with Crippen molar-refractivity contribution >= 4 is 38.2 Å². The van der Waals surface area contributed by atoms with E-state index in [4.69, 9.17) is 10.5 Å². The summed E-state index contributed by atoms with van der Waals surface area (Å²) in [5, 5.41) is 4.84. The van der Waals surface area contributed by atoms with Gasteiger partial charge in [-0.15, -0.1) is 0 Å². The van der Waals surface area contributed by atoms with Crippen LogP contribution in [-0.2, 0) is 10.0 Å². The van der Waals surface area contributed by atoms with Gasteiger partial charge >= 0.3 is 0 Å². The minimum absolute atomic E-state index is 0.0115. The van der Waals surface area contributed by atoms with Crippen molar-refractivity contribution in [1.29, 1.82) is 0 Å². The largest absolute Gasteiger partial charge is 0.454 e. The highest BCUT2D eigenvalue weighted by molar-refractivity contribution is 7.92. The summed E-state index contributed by atoms with van der Waals surface area (Å²) >= 11 is 0. The Morgan fingerprint density at radius 1 is 1.05 bits per heavy atom. The van der Waals surface area contributed by atoms with Crippen molar-refractivity contribution in [3.05, 3.63) is 94.3 Å². The molecule has 0 atom stereocenters. The Bertz CT molecular complexity index is 1910. The highest BCUT2D eigenvalue weighted by atomic mass is 32.2. The van der Waals surface area contributed by atoms with Crippen molar-refractivity contribution in [2.75, 3.05) is 16.7 Å². The maximum absolute atomic E-state index is 15.3. The number of nitrogen functional groups attached to an aromatic ring is 1. The molecule has 0 aliphatic rings. The molecule has 0 fully saturated rings. The van der Waals surface area contributed by atoms with Crippen molar-refractivity contribution in [3.63, 3.8) is 0 Å². The average molecular weight is 566 g/mol. The summed E-state index contributed by atoms with van der Waals surface area (Å²) in [6.45, 7) is 4.96. The third kappa shape index (κ3) is 5.00. The lowest BCUT2D eigenvalue weighted by Gasteiger charge is -2.13. The van der Waals surface area contributed by atoms with Gasteiger partial charge in [-0.2, -0.15) is 5.10 Å². The lowest BCUT2D eigenvalue weighted by Crippen LogP contribution is -2.10. The van der Waals surface area contributed by atoms with Gasteiger partial charge in [0.15, 0.2) is 17.4 Å². The number of halogens is 2. The van der Waals surface area contributed by atoms with Gasteiger partial charge in [0.25, 0.3) is 0 Å². The number of nitrogens with zero attached hydrogens (tertiary/aromatic N) is 2. The second-order valence-electron chi connectivity index (χ2n) is 9.56. The molecule has 0 saturated heterocycles. The van der Waals surface area contributed by atoms with Crippen molar-refractivity contribution in [3.8, 4) is 17.2 Å². The zero-order chi connectivity index (χ0) is 28.9. The molecule has 9 nitrogen and oxygen atoms in total. The SMILES string of the molecule is Cc1cc2cc(C(=O)c3cnn(-c4c(C)cc(Oc5cccc(C)c5F)cc4F)c3N)[nH]c2cc1NS(C)(=O)=O. The average Bonchev–Trinajstić information content (AvgIpc) is 3.44. The molecule has 40 heavy (non-hydrogen) atoms. The number of aromatic nitrogens is 3. The maximum Gasteiger partial charge on any atom is 0.229 e. The minimum Gasteiger partial charge on any atom is -0.454 e. The number of nitrogens with two attached hydrogens (primary N) is 1. The zero-order valence-electron chi connectivity index (χ0n) is 22.0. The topological polar surface area (TPSA) is 132 Å². The first kappa shape index (κ1) is 26.9. The van der Waals surface area contributed by atoms with Gasteiger partial charge in [0.1, 0.15) is 17.3 Å². The van der Waals surface area contributed by atoms with E-state index in [0.29, 0.717) is 33.3 Å². The van der Waals surface area contributed by atoms with Gasteiger partial charge in [-0.3, -0.25) is 9.52 Å². The Hall–Kier alpha value is -4.71. The number of H-pyrrole nitrogens is 1. The quantitative estimate of drug-likeness (QED) is 0.222. The van der Waals surface area contributed by atoms with Crippen LogP contribution in [0.2, 0.25) is 0 Å². The summed E-state index contributed by atoms with van der Waals surface area (Å²) in [6, 6.07) is 12.2. The standard InChI is InChI=1S/C28H25F2N5O4S/c1-14-6-5-7-24(25(14)30)39-18-9-16(3)26(20(29)11-18)35-28(31)19(13-32-35)27(36)23-10-17-8-15(2)21(12-22(17)33-23)34-40(4,37)38/h5-13,33-34H,31H2,1-4H3. The number of sulfonamides is 1. The Kier molecular flexibility index (Phi) is 6.58. The van der Waals surface area contributed by atoms with Gasteiger partial charge in [0.2, 0.25) is 15.8 Å². The number of fused-ring (bicyclic) bond motifs is 1. The molecule has 2 aromatic heterocycles. The molecule has 5 aromatic rings. The van der Waals surface area contributed by atoms with E-state index in [0.717, 1.165) is 17.0 Å². The first-order valence-corrected chi connectivity index (χ1v) is 13.9. The van der Waals surface area contributed by atoms with E-state index >= 15 is 4.39 Å². The molecule has 0 amide bonds. The molecule has 0 aliphatic carbocycles. The van der Waals surface area contributed by atoms with Crippen molar-refractivity contribution in [1.82, 2.24) is 14.8 Å². The molecule has 0 saturated carbocycles. The molecule has 0 aliphatic heterocycles. The van der Waals surface area contributed by atoms with Crippen LogP contribution in [0.25, 0.3) is 16.6 Å². The molecular weight excluding hydrogens is 540 g/mol. The number of aryl methyl sites for hydroxylation is 3. The first-order chi connectivity index (χ1) is 18.8. The summed E-state index contributed by atoms with van der Waals surface area (Å²) in [5.74, 6) is -1.79. The number of aromatic amines is 1. The van der Waals surface area contributed by atoms with Gasteiger partial charge in [-0.25, -0.2) is 21.9 Å². The van der Waals surface area contributed by atoms with E-state index in [-0.39, 0.29) is 34.3 Å². The van der Waals surface area contributed by atoms with E-state index in [1.807, 2.05) is 0 Å². The van der Waals surface area contributed by atoms with Crippen LogP contribution >= 0.6 is 0 Å². The van der Waals surface area contributed by atoms with Gasteiger partial charge in [0.05, 0.1) is 29.4 Å². The number of carbonyl (C=O) groups excluding carboxylic acids is 1. The summed E-state index contributed by atoms with van der Waals surface area (Å²) in [6.07, 6.45) is 2.30. The number of ketones is 1. The van der Waals surface area contributed by atoms with Crippen LogP contribution in [-0.4, -0.2) is 35.2 Å². The highest BCUT2D eigenvalue weighted by Gasteiger charge is 2.23. The Balaban J connectivity index is 1.46. The summed E-state index contributed by atoms with van der Waals surface area (Å²) < 4.78 is 62.1. The molecule has 5 rings (SSSR count). The molecule has 4 N–H and O–H groups in total. The van der Waals surface area contributed by atoms with Crippen LogP contribution in [0.1, 0.15) is 32.7 Å². The van der Waals surface area contributed by atoms with E-state index in [2.05, 4.69) is 14.8 Å². The van der Waals surface area contributed by atoms with Crippen molar-refractivity contribution in [2.45, 2.75) is 20.8 Å². The minimum atomic E-state index is -3.49. The van der Waals surface area contributed by atoms with Crippen LogP contribution in [0.3, 0.4) is 0 Å². The lowest BCUT2D eigenvalue weighted by atomic mass is 10.1. The van der Waals surface area contributed by atoms with Gasteiger partial charge in [-0.1, -0.05) is 12.1 Å². The number of ether oxygens (including phenoxy) is 1. The maximum atomic E-state index is 15.3. The molecule has 206 valence electrons. The zero-order valence-corrected chi connectivity index (χ0v) is 22.8. The second kappa shape index (κ2) is 9.79. The molecule has 0 spiro atoms. The van der Waals surface area contributed by atoms with Crippen LogP contribution in [0, 0.1) is 32.4 Å². The van der Waals surface area contributed by atoms with Crippen LogP contribution in [0.5, 0.6) is 11.5 Å². The van der Waals surface area contributed by atoms with Crippen LogP contribution in [0.4, 0.5) is 20.3 Å². The smallest absolute Gasteiger partial charge is 0.229 e. The van der Waals surface area contributed by atoms with E-state index in [9.17, 15) is 17.6 Å². The summed E-state index contributed by atoms with van der Waals surface area (Å²) in [7, 11) is -3.49. The third-order valence-electron chi connectivity index (χ3n) is 6.38. The molecule has 0 unspecified atom stereocenters. The number of hydrogen-bond acceptors (Lipinski definition) is 6. The van der Waals surface area contributed by atoms with Gasteiger partial charge in [0, 0.05) is 17.0 Å². The fraction of sp³-hybridized carbons (Fsp3) is 0.143. The van der Waals surface area contributed by atoms with E-state index in [1.54, 1.807) is 51.1 Å². The van der Waals surface area contributed by atoms with E-state index < -0.39 is 27.4 Å². The van der Waals surface area contributed by atoms with Gasteiger partial charge < -0.3 is 15.5 Å². The predicted octanol–water partition coefficient (Wildman–Crippen LogP) is 5.53. The molecule has 2 heterocycles. The van der Waals surface area contributed by atoms with Crippen molar-refractivity contribution in [2.24, 2.45) is 0 Å². The lowest BCUT2D eigenvalue weighted by molar-refractivity contribution is 0.103. The fourth-order valence-electron chi connectivity index (χ4n) is 4.44. The number of benzene rings is 3. The summed E-state index contributed by atoms with van der Waals surface area (Å²) in [5.41, 5.74) is 8.88. The Morgan fingerprint density at radius 2 is 1.80 bits per heavy atom. The number of nitrogens with one attached hydrogen (secondary N) is 2. The third-order valence-corrected chi connectivity index (χ3v) is 6.97. The van der Waals surface area contributed by atoms with E-state index in [1.165, 1.54) is 18.3 Å². The molecular formula is C28H25F2N5O4S. The molecule has 0 radical (unpaired) electrons. The number of rotatable bonds is 7. The number of hydrogen-bond donors (Lipinski definition) is 3. The summed E-state index contributed by atoms with van der Waals surface area (Å²) in [4.78, 5) is 16.3. The monoisotopic (exact) mass is 565 g/mol. The van der Waals surface area contributed by atoms with Gasteiger partial charge in [-0.05, 0) is 67.8 Å². The Morgan fingerprint density at radius 3 is 2.50 bits per heavy atom. The first-order valence-electron chi connectivity index (χ1n) is 12.0. The number of carbonyl (C=O) groups is 1. The van der Waals surface area contributed by atoms with Crippen LogP contribution in [0.15, 0.2) is 54.7 Å². The predicted molar refractivity (Wildman–Crippen MR) is 149 cm³/mol. The second-order valence-corrected chi connectivity index (χ2v) is 11.3. The van der Waals surface area contributed by atoms with Crippen LogP contribution < -0.4 is 15.2 Å². The van der Waals surface area contributed by atoms with Crippen molar-refractivity contribution < 1.29 is 26.7 Å². The number of anilines is 2. The molecule has 12 heteroatoms. The Labute approximate surface area is 228 Å². The molecule has 0 bridgehead atoms. The highest BCUT2D eigenvalue weighted by Crippen LogP contribution is 2.32. The normalized spacial score (nSPS) is 11.7.